The van der Waals surface area contributed by atoms with Crippen molar-refractivity contribution < 1.29 is 18.6 Å². The zero-order valence-corrected chi connectivity index (χ0v) is 22.0. The molecule has 0 bridgehead atoms. The summed E-state index contributed by atoms with van der Waals surface area (Å²) in [6.45, 7) is 9.36. The van der Waals surface area contributed by atoms with Gasteiger partial charge < -0.3 is 24.5 Å². The third-order valence-electron chi connectivity index (χ3n) is 7.74. The molecular formula is C31H33FN2O3. The number of aromatic nitrogens is 1. The quantitative estimate of drug-likeness (QED) is 0.303. The van der Waals surface area contributed by atoms with Gasteiger partial charge in [0.05, 0.1) is 12.1 Å². The van der Waals surface area contributed by atoms with E-state index in [0.717, 1.165) is 39.7 Å². The Morgan fingerprint density at radius 1 is 1.14 bits per heavy atom. The lowest BCUT2D eigenvalue weighted by Gasteiger charge is -2.41. The molecule has 2 aliphatic heterocycles. The van der Waals surface area contributed by atoms with Crippen LogP contribution in [0.25, 0.3) is 22.0 Å². The van der Waals surface area contributed by atoms with Gasteiger partial charge in [-0.3, -0.25) is 0 Å². The van der Waals surface area contributed by atoms with Gasteiger partial charge in [-0.25, -0.2) is 4.39 Å². The van der Waals surface area contributed by atoms with Crippen LogP contribution in [-0.4, -0.2) is 24.4 Å². The number of halogens is 1. The number of rotatable bonds is 4. The van der Waals surface area contributed by atoms with Crippen molar-refractivity contribution in [1.82, 2.24) is 4.98 Å². The van der Waals surface area contributed by atoms with E-state index in [4.69, 9.17) is 14.2 Å². The fourth-order valence-electron chi connectivity index (χ4n) is 6.41. The van der Waals surface area contributed by atoms with Crippen LogP contribution in [0.1, 0.15) is 67.0 Å². The summed E-state index contributed by atoms with van der Waals surface area (Å²) in [4.78, 5) is 3.44. The van der Waals surface area contributed by atoms with E-state index in [0.29, 0.717) is 23.5 Å². The lowest BCUT2D eigenvalue weighted by atomic mass is 9.75. The monoisotopic (exact) mass is 500 g/mol. The predicted octanol–water partition coefficient (Wildman–Crippen LogP) is 7.58. The molecule has 0 aliphatic carbocycles. The summed E-state index contributed by atoms with van der Waals surface area (Å²) in [5.41, 5.74) is 9.16. The predicted molar refractivity (Wildman–Crippen MR) is 145 cm³/mol. The second-order valence-corrected chi connectivity index (χ2v) is 11.0. The Bertz CT molecular complexity index is 1510. The molecule has 2 N–H and O–H groups in total. The molecule has 0 fully saturated rings. The van der Waals surface area contributed by atoms with Gasteiger partial charge in [0.2, 0.25) is 0 Å². The van der Waals surface area contributed by atoms with E-state index in [1.807, 2.05) is 6.20 Å². The molecule has 2 unspecified atom stereocenters. The van der Waals surface area contributed by atoms with Crippen molar-refractivity contribution in [3.63, 3.8) is 0 Å². The Hall–Kier alpha value is -3.35. The summed E-state index contributed by atoms with van der Waals surface area (Å²) in [5.74, 6) is 0.579. The van der Waals surface area contributed by atoms with Gasteiger partial charge in [-0.2, -0.15) is 0 Å². The van der Waals surface area contributed by atoms with E-state index in [-0.39, 0.29) is 24.1 Å². The highest BCUT2D eigenvalue weighted by Crippen LogP contribution is 2.51. The second kappa shape index (κ2) is 8.89. The van der Waals surface area contributed by atoms with Crippen LogP contribution in [0.5, 0.6) is 5.75 Å². The lowest BCUT2D eigenvalue weighted by molar-refractivity contribution is -0.0189. The topological polar surface area (TPSA) is 55.5 Å². The molecule has 0 amide bonds. The fraction of sp³-hybridized carbons (Fsp3) is 0.355. The van der Waals surface area contributed by atoms with Crippen LogP contribution in [0, 0.1) is 12.7 Å². The van der Waals surface area contributed by atoms with Gasteiger partial charge in [-0.15, -0.1) is 0 Å². The summed E-state index contributed by atoms with van der Waals surface area (Å²) in [6, 6.07) is 13.7. The average molecular weight is 501 g/mol. The maximum Gasteiger partial charge on any atom is 0.189 e. The summed E-state index contributed by atoms with van der Waals surface area (Å²) < 4.78 is 32.6. The lowest BCUT2D eigenvalue weighted by Crippen LogP contribution is -2.38. The van der Waals surface area contributed by atoms with Crippen molar-refractivity contribution in [2.24, 2.45) is 0 Å². The minimum Gasteiger partial charge on any atom is -0.467 e. The minimum atomic E-state index is -0.539. The first-order valence-corrected chi connectivity index (χ1v) is 12.8. The number of aryl methyl sites for hydroxylation is 1. The third kappa shape index (κ3) is 3.99. The van der Waals surface area contributed by atoms with E-state index < -0.39 is 6.10 Å². The molecule has 3 heterocycles. The molecule has 5 nitrogen and oxygen atoms in total. The van der Waals surface area contributed by atoms with Crippen molar-refractivity contribution >= 4 is 16.6 Å². The van der Waals surface area contributed by atoms with Crippen molar-refractivity contribution in [1.29, 1.82) is 0 Å². The van der Waals surface area contributed by atoms with Crippen LogP contribution in [0.4, 0.5) is 10.1 Å². The van der Waals surface area contributed by atoms with Crippen molar-refractivity contribution in [3.05, 3.63) is 82.3 Å². The van der Waals surface area contributed by atoms with Crippen molar-refractivity contribution in [2.75, 3.05) is 19.2 Å². The number of anilines is 1. The van der Waals surface area contributed by atoms with Crippen molar-refractivity contribution in [3.8, 4) is 16.9 Å². The van der Waals surface area contributed by atoms with Gasteiger partial charge in [-0.05, 0) is 85.0 Å². The standard InChI is InChI=1S/C31H33FN2O3/c1-17-11-23(22-8-6-7-19-9-10-33-28(19)22)26(25-18(2)14-31(3,4)34-27(17)25)30(35-5)24-13-21(32)12-20-15-36-16-37-29(20)24/h6-13,18,30,33-34H,14-16H2,1-5H3. The normalized spacial score (nSPS) is 19.0. The smallest absolute Gasteiger partial charge is 0.189 e. The molecule has 2 aliphatic rings. The number of hydrogen-bond acceptors (Lipinski definition) is 4. The number of aromatic amines is 1. The number of hydrogen-bond donors (Lipinski definition) is 2. The molecule has 6 rings (SSSR count). The van der Waals surface area contributed by atoms with Gasteiger partial charge in [0.15, 0.2) is 6.79 Å². The highest BCUT2D eigenvalue weighted by molar-refractivity contribution is 5.96. The fourth-order valence-corrected chi connectivity index (χ4v) is 6.41. The first kappa shape index (κ1) is 24.0. The number of fused-ring (bicyclic) bond motifs is 3. The molecule has 6 heteroatoms. The van der Waals surface area contributed by atoms with Crippen LogP contribution in [0.15, 0.2) is 48.7 Å². The number of H-pyrrole nitrogens is 1. The average Bonchev–Trinajstić information content (AvgIpc) is 3.34. The Balaban J connectivity index is 1.69. The number of para-hydroxylation sites is 1. The molecule has 0 spiro atoms. The van der Waals surface area contributed by atoms with Crippen molar-refractivity contribution in [2.45, 2.75) is 58.3 Å². The Morgan fingerprint density at radius 3 is 2.78 bits per heavy atom. The van der Waals surface area contributed by atoms with Crippen LogP contribution in [0.2, 0.25) is 0 Å². The van der Waals surface area contributed by atoms with Crippen LogP contribution in [0.3, 0.4) is 0 Å². The molecule has 37 heavy (non-hydrogen) atoms. The van der Waals surface area contributed by atoms with E-state index in [9.17, 15) is 4.39 Å². The summed E-state index contributed by atoms with van der Waals surface area (Å²) >= 11 is 0. The maximum absolute atomic E-state index is 15.0. The molecule has 0 radical (unpaired) electrons. The molecular weight excluding hydrogens is 467 g/mol. The summed E-state index contributed by atoms with van der Waals surface area (Å²) in [7, 11) is 1.69. The van der Waals surface area contributed by atoms with Gasteiger partial charge in [0, 0.05) is 41.2 Å². The van der Waals surface area contributed by atoms with Gasteiger partial charge in [0.1, 0.15) is 17.7 Å². The van der Waals surface area contributed by atoms with E-state index in [1.54, 1.807) is 13.2 Å². The third-order valence-corrected chi connectivity index (χ3v) is 7.74. The maximum atomic E-state index is 15.0. The van der Waals surface area contributed by atoms with Gasteiger partial charge in [0.25, 0.3) is 0 Å². The highest BCUT2D eigenvalue weighted by Gasteiger charge is 2.37. The minimum absolute atomic E-state index is 0.0452. The zero-order chi connectivity index (χ0) is 25.9. The first-order valence-electron chi connectivity index (χ1n) is 12.8. The SMILES string of the molecule is COC(c1cc(F)cc2c1OCOC2)c1c(-c2cccc3cc[nH]c23)cc(C)c2c1C(C)CC(C)(C)N2. The molecule has 0 saturated carbocycles. The Morgan fingerprint density at radius 2 is 1.97 bits per heavy atom. The Labute approximate surface area is 216 Å². The number of ether oxygens (including phenoxy) is 3. The number of nitrogens with one attached hydrogen (secondary N) is 2. The van der Waals surface area contributed by atoms with Gasteiger partial charge in [-0.1, -0.05) is 25.1 Å². The molecule has 0 saturated heterocycles. The highest BCUT2D eigenvalue weighted by atomic mass is 19.1. The number of benzene rings is 3. The van der Waals surface area contributed by atoms with E-state index in [2.05, 4.69) is 68.3 Å². The largest absolute Gasteiger partial charge is 0.467 e. The Kier molecular flexibility index (Phi) is 5.77. The van der Waals surface area contributed by atoms with E-state index in [1.165, 1.54) is 17.2 Å². The molecule has 4 aromatic rings. The second-order valence-electron chi connectivity index (χ2n) is 11.0. The summed E-state index contributed by atoms with van der Waals surface area (Å²) in [6.07, 6.45) is 2.39. The first-order chi connectivity index (χ1) is 17.8. The van der Waals surface area contributed by atoms with Crippen LogP contribution in [-0.2, 0) is 16.1 Å². The number of methoxy groups -OCH3 is 1. The summed E-state index contributed by atoms with van der Waals surface area (Å²) in [5, 5.41) is 4.94. The van der Waals surface area contributed by atoms with Crippen LogP contribution >= 0.6 is 0 Å². The molecule has 1 aromatic heterocycles. The molecule has 3 aromatic carbocycles. The van der Waals surface area contributed by atoms with Gasteiger partial charge >= 0.3 is 0 Å². The van der Waals surface area contributed by atoms with E-state index >= 15 is 0 Å². The molecule has 192 valence electrons. The van der Waals surface area contributed by atoms with Crippen LogP contribution < -0.4 is 10.1 Å². The molecule has 2 atom stereocenters. The zero-order valence-electron chi connectivity index (χ0n) is 22.0.